The maximum absolute atomic E-state index is 12.8. The van der Waals surface area contributed by atoms with Crippen molar-refractivity contribution in [1.82, 2.24) is 4.90 Å². The first kappa shape index (κ1) is 17.7. The van der Waals surface area contributed by atoms with Crippen LogP contribution >= 0.6 is 0 Å². The summed E-state index contributed by atoms with van der Waals surface area (Å²) in [7, 11) is 1.65. The molecule has 0 fully saturated rings. The van der Waals surface area contributed by atoms with Gasteiger partial charge in [0.05, 0.1) is 6.54 Å². The average molecular weight is 346 g/mol. The van der Waals surface area contributed by atoms with E-state index in [-0.39, 0.29) is 18.4 Å². The summed E-state index contributed by atoms with van der Waals surface area (Å²) < 4.78 is 0. The van der Waals surface area contributed by atoms with Gasteiger partial charge in [-0.25, -0.2) is 0 Å². The number of amides is 2. The van der Waals surface area contributed by atoms with E-state index in [0.717, 1.165) is 28.4 Å². The lowest BCUT2D eigenvalue weighted by Gasteiger charge is -2.18. The van der Waals surface area contributed by atoms with Gasteiger partial charge in [0.1, 0.15) is 0 Å². The van der Waals surface area contributed by atoms with Crippen LogP contribution < -0.4 is 5.32 Å². The van der Waals surface area contributed by atoms with Gasteiger partial charge in [0.25, 0.3) is 5.91 Å². The number of aryl methyl sites for hydroxylation is 1. The SMILES string of the molecule is CCc1ccccc1NC(=O)CN(C)C(=O)c1cccc2ccccc12. The molecule has 132 valence electrons. The van der Waals surface area contributed by atoms with Crippen LogP contribution in [0.3, 0.4) is 0 Å². The second kappa shape index (κ2) is 7.83. The smallest absolute Gasteiger partial charge is 0.254 e. The van der Waals surface area contributed by atoms with Crippen molar-refractivity contribution in [2.24, 2.45) is 0 Å². The van der Waals surface area contributed by atoms with Crippen LogP contribution in [0.5, 0.6) is 0 Å². The van der Waals surface area contributed by atoms with Crippen LogP contribution in [0.4, 0.5) is 5.69 Å². The molecule has 0 bridgehead atoms. The molecule has 2 amide bonds. The van der Waals surface area contributed by atoms with Crippen molar-refractivity contribution in [2.75, 3.05) is 18.9 Å². The summed E-state index contributed by atoms with van der Waals surface area (Å²) in [6.07, 6.45) is 0.835. The highest BCUT2D eigenvalue weighted by Crippen LogP contribution is 2.20. The number of carbonyl (C=O) groups is 2. The minimum absolute atomic E-state index is 0.000102. The normalized spacial score (nSPS) is 10.5. The number of likely N-dealkylation sites (N-methyl/N-ethyl adjacent to an activating group) is 1. The van der Waals surface area contributed by atoms with Crippen molar-refractivity contribution in [2.45, 2.75) is 13.3 Å². The van der Waals surface area contributed by atoms with Gasteiger partial charge in [0, 0.05) is 18.3 Å². The lowest BCUT2D eigenvalue weighted by atomic mass is 10.0. The van der Waals surface area contributed by atoms with Gasteiger partial charge in [0.15, 0.2) is 0 Å². The van der Waals surface area contributed by atoms with Gasteiger partial charge in [-0.05, 0) is 34.9 Å². The monoisotopic (exact) mass is 346 g/mol. The Bertz CT molecular complexity index is 944. The second-order valence-electron chi connectivity index (χ2n) is 6.25. The third-order valence-electron chi connectivity index (χ3n) is 4.42. The third-order valence-corrected chi connectivity index (χ3v) is 4.42. The van der Waals surface area contributed by atoms with Crippen LogP contribution in [0.2, 0.25) is 0 Å². The van der Waals surface area contributed by atoms with Gasteiger partial charge in [-0.15, -0.1) is 0 Å². The Hall–Kier alpha value is -3.14. The van der Waals surface area contributed by atoms with Crippen LogP contribution in [-0.2, 0) is 11.2 Å². The lowest BCUT2D eigenvalue weighted by molar-refractivity contribution is -0.116. The van der Waals surface area contributed by atoms with E-state index in [4.69, 9.17) is 0 Å². The van der Waals surface area contributed by atoms with E-state index in [0.29, 0.717) is 5.56 Å². The number of anilines is 1. The van der Waals surface area contributed by atoms with Crippen molar-refractivity contribution in [3.63, 3.8) is 0 Å². The van der Waals surface area contributed by atoms with E-state index in [1.54, 1.807) is 13.1 Å². The molecular formula is C22H22N2O2. The number of fused-ring (bicyclic) bond motifs is 1. The van der Waals surface area contributed by atoms with E-state index in [1.165, 1.54) is 4.90 Å². The fourth-order valence-electron chi connectivity index (χ4n) is 3.05. The number of carbonyl (C=O) groups excluding carboxylic acids is 2. The molecule has 3 aromatic rings. The highest BCUT2D eigenvalue weighted by molar-refractivity contribution is 6.08. The number of hydrogen-bond donors (Lipinski definition) is 1. The van der Waals surface area contributed by atoms with Crippen LogP contribution in [-0.4, -0.2) is 30.3 Å². The van der Waals surface area contributed by atoms with Gasteiger partial charge in [0.2, 0.25) is 5.91 Å². The molecule has 4 nitrogen and oxygen atoms in total. The standard InChI is InChI=1S/C22H22N2O2/c1-3-16-9-5-7-14-20(16)23-21(25)15-24(2)22(26)19-13-8-11-17-10-4-6-12-18(17)19/h4-14H,3,15H2,1-2H3,(H,23,25). The topological polar surface area (TPSA) is 49.4 Å². The number of nitrogens with zero attached hydrogens (tertiary/aromatic N) is 1. The first-order chi connectivity index (χ1) is 12.6. The molecule has 0 saturated heterocycles. The van der Waals surface area contributed by atoms with E-state index in [9.17, 15) is 9.59 Å². The molecule has 4 heteroatoms. The molecule has 0 unspecified atom stereocenters. The van der Waals surface area contributed by atoms with Crippen LogP contribution in [0, 0.1) is 0 Å². The molecule has 0 atom stereocenters. The summed E-state index contributed by atoms with van der Waals surface area (Å²) in [4.78, 5) is 26.7. The Morgan fingerprint density at radius 2 is 1.62 bits per heavy atom. The summed E-state index contributed by atoms with van der Waals surface area (Å²) in [6, 6.07) is 21.1. The molecule has 0 spiro atoms. The molecule has 0 heterocycles. The van der Waals surface area contributed by atoms with Crippen molar-refractivity contribution in [3.05, 3.63) is 77.9 Å². The molecule has 0 aliphatic carbocycles. The Kier molecular flexibility index (Phi) is 5.32. The zero-order valence-electron chi connectivity index (χ0n) is 15.0. The van der Waals surface area contributed by atoms with Gasteiger partial charge < -0.3 is 10.2 Å². The molecule has 0 radical (unpaired) electrons. The zero-order valence-corrected chi connectivity index (χ0v) is 15.0. The summed E-state index contributed by atoms with van der Waals surface area (Å²) in [6.45, 7) is 2.04. The van der Waals surface area contributed by atoms with Crippen molar-refractivity contribution < 1.29 is 9.59 Å². The Labute approximate surface area is 153 Å². The van der Waals surface area contributed by atoms with E-state index in [2.05, 4.69) is 5.32 Å². The highest BCUT2D eigenvalue weighted by Gasteiger charge is 2.17. The van der Waals surface area contributed by atoms with Crippen LogP contribution in [0.1, 0.15) is 22.8 Å². The Balaban J connectivity index is 1.73. The number of benzene rings is 3. The summed E-state index contributed by atoms with van der Waals surface area (Å²) in [5.41, 5.74) is 2.47. The number of rotatable bonds is 5. The number of para-hydroxylation sites is 1. The molecule has 0 aliphatic heterocycles. The predicted molar refractivity (Wildman–Crippen MR) is 105 cm³/mol. The fraction of sp³-hybridized carbons (Fsp3) is 0.182. The first-order valence-electron chi connectivity index (χ1n) is 8.71. The molecule has 0 saturated carbocycles. The molecule has 0 aromatic heterocycles. The average Bonchev–Trinajstić information content (AvgIpc) is 2.67. The highest BCUT2D eigenvalue weighted by atomic mass is 16.2. The van der Waals surface area contributed by atoms with Crippen LogP contribution in [0.15, 0.2) is 66.7 Å². The number of nitrogens with one attached hydrogen (secondary N) is 1. The summed E-state index contributed by atoms with van der Waals surface area (Å²) in [5.74, 6) is -0.372. The molecule has 26 heavy (non-hydrogen) atoms. The molecule has 3 aromatic carbocycles. The van der Waals surface area contributed by atoms with E-state index >= 15 is 0 Å². The molecule has 0 aliphatic rings. The number of hydrogen-bond acceptors (Lipinski definition) is 2. The quantitative estimate of drug-likeness (QED) is 0.756. The Morgan fingerprint density at radius 1 is 0.923 bits per heavy atom. The van der Waals surface area contributed by atoms with Gasteiger partial charge >= 0.3 is 0 Å². The van der Waals surface area contributed by atoms with E-state index < -0.39 is 0 Å². The minimum atomic E-state index is -0.206. The minimum Gasteiger partial charge on any atom is -0.332 e. The Morgan fingerprint density at radius 3 is 2.42 bits per heavy atom. The first-order valence-corrected chi connectivity index (χ1v) is 8.71. The summed E-state index contributed by atoms with van der Waals surface area (Å²) >= 11 is 0. The molecule has 1 N–H and O–H groups in total. The molecular weight excluding hydrogens is 324 g/mol. The summed E-state index contributed by atoms with van der Waals surface area (Å²) in [5, 5.41) is 4.80. The lowest BCUT2D eigenvalue weighted by Crippen LogP contribution is -2.35. The predicted octanol–water partition coefficient (Wildman–Crippen LogP) is 4.11. The van der Waals surface area contributed by atoms with E-state index in [1.807, 2.05) is 67.6 Å². The second-order valence-corrected chi connectivity index (χ2v) is 6.25. The fourth-order valence-corrected chi connectivity index (χ4v) is 3.05. The van der Waals surface area contributed by atoms with Crippen molar-refractivity contribution in [3.8, 4) is 0 Å². The van der Waals surface area contributed by atoms with Gasteiger partial charge in [-0.1, -0.05) is 61.5 Å². The van der Waals surface area contributed by atoms with Crippen LogP contribution in [0.25, 0.3) is 10.8 Å². The maximum atomic E-state index is 12.8. The van der Waals surface area contributed by atoms with Crippen molar-refractivity contribution >= 4 is 28.3 Å². The third kappa shape index (κ3) is 3.75. The largest absolute Gasteiger partial charge is 0.332 e. The van der Waals surface area contributed by atoms with Gasteiger partial charge in [-0.3, -0.25) is 9.59 Å². The van der Waals surface area contributed by atoms with Crippen molar-refractivity contribution in [1.29, 1.82) is 0 Å². The molecule has 3 rings (SSSR count). The maximum Gasteiger partial charge on any atom is 0.254 e. The van der Waals surface area contributed by atoms with Gasteiger partial charge in [-0.2, -0.15) is 0 Å². The zero-order chi connectivity index (χ0) is 18.5.